The Morgan fingerprint density at radius 3 is 2.64 bits per heavy atom. The topological polar surface area (TPSA) is 66.4 Å². The molecule has 0 aliphatic carbocycles. The Kier molecular flexibility index (Phi) is 5.18. The van der Waals surface area contributed by atoms with Crippen molar-refractivity contribution >= 4 is 11.7 Å². The molecular weight excluding hydrogens is 322 g/mol. The van der Waals surface area contributed by atoms with Crippen LogP contribution >= 0.6 is 0 Å². The number of esters is 1. The average Bonchev–Trinajstić information content (AvgIpc) is 3.16. The molecule has 0 saturated heterocycles. The molecule has 2 aromatic rings. The number of ether oxygens (including phenoxy) is 3. The van der Waals surface area contributed by atoms with E-state index in [-0.39, 0.29) is 0 Å². The fourth-order valence-corrected chi connectivity index (χ4v) is 2.51. The average molecular weight is 341 g/mol. The molecule has 1 aliphatic heterocycles. The second-order valence-corrected chi connectivity index (χ2v) is 5.49. The lowest BCUT2D eigenvalue weighted by molar-refractivity contribution is -0.152. The van der Waals surface area contributed by atoms with Crippen LogP contribution in [-0.2, 0) is 21.0 Å². The molecule has 0 fully saturated rings. The quantitative estimate of drug-likeness (QED) is 0.756. The van der Waals surface area contributed by atoms with Crippen molar-refractivity contribution in [2.75, 3.05) is 14.2 Å². The van der Waals surface area contributed by atoms with Crippen molar-refractivity contribution in [3.05, 3.63) is 59.7 Å². The zero-order valence-corrected chi connectivity index (χ0v) is 14.1. The van der Waals surface area contributed by atoms with Crippen LogP contribution in [0, 0.1) is 0 Å². The van der Waals surface area contributed by atoms with Gasteiger partial charge < -0.3 is 19.0 Å². The first-order valence-electron chi connectivity index (χ1n) is 7.87. The predicted molar refractivity (Wildman–Crippen MR) is 91.8 cm³/mol. The Bertz CT molecular complexity index is 770. The van der Waals surface area contributed by atoms with Gasteiger partial charge in [-0.3, -0.25) is 0 Å². The van der Waals surface area contributed by atoms with Crippen molar-refractivity contribution < 1.29 is 23.8 Å². The van der Waals surface area contributed by atoms with E-state index in [0.29, 0.717) is 24.5 Å². The molecule has 0 amide bonds. The third-order valence-corrected chi connectivity index (χ3v) is 3.88. The Balaban J connectivity index is 1.70. The highest BCUT2D eigenvalue weighted by Crippen LogP contribution is 2.26. The zero-order chi connectivity index (χ0) is 17.6. The molecule has 2 aromatic carbocycles. The summed E-state index contributed by atoms with van der Waals surface area (Å²) in [6.45, 7) is 0.412. The van der Waals surface area contributed by atoms with Crippen LogP contribution in [0.25, 0.3) is 0 Å². The van der Waals surface area contributed by atoms with Gasteiger partial charge in [0.05, 0.1) is 19.9 Å². The molecule has 0 bridgehead atoms. The fourth-order valence-electron chi connectivity index (χ4n) is 2.51. The Morgan fingerprint density at radius 1 is 1.16 bits per heavy atom. The van der Waals surface area contributed by atoms with Gasteiger partial charge in [-0.15, -0.1) is 0 Å². The number of rotatable bonds is 6. The molecule has 1 heterocycles. The van der Waals surface area contributed by atoms with E-state index in [1.807, 2.05) is 48.5 Å². The van der Waals surface area contributed by atoms with Crippen LogP contribution in [0.4, 0.5) is 0 Å². The number of nitrogens with zero attached hydrogens (tertiary/aromatic N) is 1. The minimum Gasteiger partial charge on any atom is -0.497 e. The third-order valence-electron chi connectivity index (χ3n) is 3.88. The van der Waals surface area contributed by atoms with Crippen LogP contribution in [0.1, 0.15) is 17.5 Å². The largest absolute Gasteiger partial charge is 0.497 e. The molecule has 6 heteroatoms. The van der Waals surface area contributed by atoms with Gasteiger partial charge in [0.15, 0.2) is 0 Å². The van der Waals surface area contributed by atoms with Gasteiger partial charge in [-0.1, -0.05) is 29.4 Å². The number of methoxy groups -OCH3 is 2. The number of carbonyl (C=O) groups excluding carboxylic acids is 1. The number of para-hydroxylation sites is 1. The first-order chi connectivity index (χ1) is 12.2. The summed E-state index contributed by atoms with van der Waals surface area (Å²) in [6, 6.07) is 15.2. The van der Waals surface area contributed by atoms with Gasteiger partial charge in [-0.25, -0.2) is 4.79 Å². The van der Waals surface area contributed by atoms with E-state index < -0.39 is 12.1 Å². The maximum Gasteiger partial charge on any atom is 0.350 e. The zero-order valence-electron chi connectivity index (χ0n) is 14.1. The highest BCUT2D eigenvalue weighted by molar-refractivity contribution is 6.05. The molecule has 0 N–H and O–H groups in total. The summed E-state index contributed by atoms with van der Waals surface area (Å²) in [7, 11) is 2.96. The molecule has 0 saturated carbocycles. The first kappa shape index (κ1) is 16.8. The molecular formula is C19H19NO5. The van der Waals surface area contributed by atoms with Crippen LogP contribution < -0.4 is 9.47 Å². The van der Waals surface area contributed by atoms with Crippen molar-refractivity contribution in [1.29, 1.82) is 0 Å². The predicted octanol–water partition coefficient (Wildman–Crippen LogP) is 2.94. The standard InChI is InChI=1S/C19H19NO5/c1-22-14-9-7-13(8-10-14)12-24-17-6-4-3-5-15(17)16-11-18(25-20-16)19(21)23-2/h3-10,18H,11-12H2,1-2H3. The van der Waals surface area contributed by atoms with Crippen LogP contribution in [0.5, 0.6) is 11.5 Å². The molecule has 3 rings (SSSR count). The summed E-state index contributed by atoms with van der Waals surface area (Å²) in [5, 5.41) is 4.01. The second-order valence-electron chi connectivity index (χ2n) is 5.49. The minimum absolute atomic E-state index is 0.357. The first-order valence-corrected chi connectivity index (χ1v) is 7.87. The summed E-state index contributed by atoms with van der Waals surface area (Å²) in [5.74, 6) is 1.05. The van der Waals surface area contributed by atoms with E-state index in [4.69, 9.17) is 19.0 Å². The van der Waals surface area contributed by atoms with Crippen molar-refractivity contribution in [2.24, 2.45) is 5.16 Å². The van der Waals surface area contributed by atoms with E-state index in [9.17, 15) is 4.79 Å². The van der Waals surface area contributed by atoms with E-state index >= 15 is 0 Å². The van der Waals surface area contributed by atoms with Crippen LogP contribution in [0.2, 0.25) is 0 Å². The van der Waals surface area contributed by atoms with Crippen LogP contribution in [-0.4, -0.2) is 32.0 Å². The Morgan fingerprint density at radius 2 is 1.92 bits per heavy atom. The van der Waals surface area contributed by atoms with Crippen molar-refractivity contribution in [3.8, 4) is 11.5 Å². The van der Waals surface area contributed by atoms with E-state index in [1.165, 1.54) is 7.11 Å². The van der Waals surface area contributed by atoms with E-state index in [0.717, 1.165) is 16.9 Å². The Hall–Kier alpha value is -3.02. The number of hydrogen-bond donors (Lipinski definition) is 0. The maximum absolute atomic E-state index is 11.6. The van der Waals surface area contributed by atoms with Gasteiger partial charge in [0.2, 0.25) is 6.10 Å². The van der Waals surface area contributed by atoms with Crippen molar-refractivity contribution in [3.63, 3.8) is 0 Å². The molecule has 0 radical (unpaired) electrons. The maximum atomic E-state index is 11.6. The summed E-state index contributed by atoms with van der Waals surface area (Å²) in [6.07, 6.45) is -0.343. The lowest BCUT2D eigenvalue weighted by atomic mass is 10.0. The summed E-state index contributed by atoms with van der Waals surface area (Å²) < 4.78 is 15.8. The van der Waals surface area contributed by atoms with E-state index in [1.54, 1.807) is 7.11 Å². The highest BCUT2D eigenvalue weighted by Gasteiger charge is 2.30. The smallest absolute Gasteiger partial charge is 0.350 e. The van der Waals surface area contributed by atoms with Gasteiger partial charge in [-0.2, -0.15) is 0 Å². The molecule has 1 atom stereocenters. The summed E-state index contributed by atoms with van der Waals surface area (Å²) >= 11 is 0. The van der Waals surface area contributed by atoms with Gasteiger partial charge in [-0.05, 0) is 29.8 Å². The summed E-state index contributed by atoms with van der Waals surface area (Å²) in [4.78, 5) is 16.7. The summed E-state index contributed by atoms with van der Waals surface area (Å²) in [5.41, 5.74) is 2.50. The van der Waals surface area contributed by atoms with Crippen molar-refractivity contribution in [2.45, 2.75) is 19.1 Å². The van der Waals surface area contributed by atoms with Crippen molar-refractivity contribution in [1.82, 2.24) is 0 Å². The molecule has 130 valence electrons. The lowest BCUT2D eigenvalue weighted by Gasteiger charge is -2.11. The number of carbonyl (C=O) groups is 1. The third kappa shape index (κ3) is 3.91. The molecule has 25 heavy (non-hydrogen) atoms. The number of benzene rings is 2. The molecule has 1 aliphatic rings. The van der Waals surface area contributed by atoms with Crippen LogP contribution in [0.15, 0.2) is 53.7 Å². The van der Waals surface area contributed by atoms with Gasteiger partial charge >= 0.3 is 5.97 Å². The SMILES string of the molecule is COC(=O)C1CC(c2ccccc2OCc2ccc(OC)cc2)=NO1. The lowest BCUT2D eigenvalue weighted by Crippen LogP contribution is -2.22. The molecule has 6 nitrogen and oxygen atoms in total. The second kappa shape index (κ2) is 7.70. The van der Waals surface area contributed by atoms with Gasteiger partial charge in [0, 0.05) is 12.0 Å². The van der Waals surface area contributed by atoms with Gasteiger partial charge in [0.1, 0.15) is 18.1 Å². The fraction of sp³-hybridized carbons (Fsp3) is 0.263. The molecule has 0 spiro atoms. The van der Waals surface area contributed by atoms with E-state index in [2.05, 4.69) is 5.16 Å². The molecule has 0 aromatic heterocycles. The highest BCUT2D eigenvalue weighted by atomic mass is 16.7. The van der Waals surface area contributed by atoms with Gasteiger partial charge in [0.25, 0.3) is 0 Å². The molecule has 1 unspecified atom stereocenters. The Labute approximate surface area is 146 Å². The number of oxime groups is 1. The monoisotopic (exact) mass is 341 g/mol. The minimum atomic E-state index is -0.699. The van der Waals surface area contributed by atoms with Crippen LogP contribution in [0.3, 0.4) is 0 Å². The normalized spacial score (nSPS) is 15.9. The number of hydrogen-bond acceptors (Lipinski definition) is 6.